The average molecular weight is 358 g/mol. The standard InChI is InChI=1S/C22H22N4O/c1-16-6-4-7-17(12-16)19-14-23-22(24-15-19)25-20-9-5-8-18(13-20)21(27)26-10-2-3-11-26/h4-9,12-15H,2-3,10-11H2,1H3,(H,23,24,25). The van der Waals surface area contributed by atoms with E-state index in [2.05, 4.69) is 34.3 Å². The molecule has 0 radical (unpaired) electrons. The minimum atomic E-state index is 0.0897. The van der Waals surface area contributed by atoms with Crippen LogP contribution >= 0.6 is 0 Å². The number of rotatable bonds is 4. The number of amides is 1. The highest BCUT2D eigenvalue weighted by atomic mass is 16.2. The third kappa shape index (κ3) is 3.97. The fraction of sp³-hybridized carbons (Fsp3) is 0.227. The lowest BCUT2D eigenvalue weighted by molar-refractivity contribution is 0.0793. The molecule has 0 bridgehead atoms. The molecule has 3 aromatic rings. The molecular formula is C22H22N4O. The van der Waals surface area contributed by atoms with Gasteiger partial charge in [0, 0.05) is 42.3 Å². The van der Waals surface area contributed by atoms with Gasteiger partial charge in [-0.2, -0.15) is 0 Å². The molecule has 0 spiro atoms. The van der Waals surface area contributed by atoms with Crippen LogP contribution in [0.15, 0.2) is 60.9 Å². The smallest absolute Gasteiger partial charge is 0.253 e. The predicted molar refractivity (Wildman–Crippen MR) is 107 cm³/mol. The van der Waals surface area contributed by atoms with Gasteiger partial charge in [-0.1, -0.05) is 35.9 Å². The van der Waals surface area contributed by atoms with Crippen LogP contribution in [0.2, 0.25) is 0 Å². The predicted octanol–water partition coefficient (Wildman–Crippen LogP) is 4.43. The minimum absolute atomic E-state index is 0.0897. The van der Waals surface area contributed by atoms with Gasteiger partial charge in [-0.3, -0.25) is 4.79 Å². The second kappa shape index (κ2) is 7.58. The Kier molecular flexibility index (Phi) is 4.83. The van der Waals surface area contributed by atoms with Gasteiger partial charge in [0.15, 0.2) is 0 Å². The summed E-state index contributed by atoms with van der Waals surface area (Å²) in [6, 6.07) is 15.8. The SMILES string of the molecule is Cc1cccc(-c2cnc(Nc3cccc(C(=O)N4CCCC4)c3)nc2)c1. The van der Waals surface area contributed by atoms with Crippen molar-refractivity contribution in [2.24, 2.45) is 0 Å². The number of aromatic nitrogens is 2. The summed E-state index contributed by atoms with van der Waals surface area (Å²) in [6.45, 7) is 3.76. The monoisotopic (exact) mass is 358 g/mol. The number of carbonyl (C=O) groups excluding carboxylic acids is 1. The lowest BCUT2D eigenvalue weighted by Gasteiger charge is -2.15. The van der Waals surface area contributed by atoms with E-state index >= 15 is 0 Å². The first-order chi connectivity index (χ1) is 13.2. The van der Waals surface area contributed by atoms with Crippen LogP contribution in [0.25, 0.3) is 11.1 Å². The van der Waals surface area contributed by atoms with Gasteiger partial charge in [0.05, 0.1) is 0 Å². The van der Waals surface area contributed by atoms with Gasteiger partial charge in [-0.05, 0) is 43.5 Å². The molecule has 0 unspecified atom stereocenters. The number of carbonyl (C=O) groups is 1. The molecular weight excluding hydrogens is 336 g/mol. The first-order valence-electron chi connectivity index (χ1n) is 9.24. The number of hydrogen-bond donors (Lipinski definition) is 1. The van der Waals surface area contributed by atoms with Crippen LogP contribution in [-0.2, 0) is 0 Å². The van der Waals surface area contributed by atoms with E-state index in [1.807, 2.05) is 53.7 Å². The largest absolute Gasteiger partial charge is 0.339 e. The summed E-state index contributed by atoms with van der Waals surface area (Å²) in [7, 11) is 0. The van der Waals surface area contributed by atoms with Crippen molar-refractivity contribution in [3.05, 3.63) is 72.1 Å². The zero-order chi connectivity index (χ0) is 18.6. The topological polar surface area (TPSA) is 58.1 Å². The van der Waals surface area contributed by atoms with Crippen LogP contribution in [-0.4, -0.2) is 33.9 Å². The van der Waals surface area contributed by atoms with E-state index in [0.29, 0.717) is 11.5 Å². The van der Waals surface area contributed by atoms with Crippen LogP contribution in [0, 0.1) is 6.92 Å². The first kappa shape index (κ1) is 17.2. The van der Waals surface area contributed by atoms with E-state index in [0.717, 1.165) is 42.7 Å². The Balaban J connectivity index is 1.49. The van der Waals surface area contributed by atoms with Crippen molar-refractivity contribution in [1.29, 1.82) is 0 Å². The van der Waals surface area contributed by atoms with Crippen molar-refractivity contribution >= 4 is 17.5 Å². The number of nitrogens with one attached hydrogen (secondary N) is 1. The number of hydrogen-bond acceptors (Lipinski definition) is 4. The molecule has 1 aliphatic heterocycles. The Labute approximate surface area is 159 Å². The molecule has 1 aromatic heterocycles. The molecule has 1 N–H and O–H groups in total. The molecule has 136 valence electrons. The Morgan fingerprint density at radius 2 is 1.70 bits per heavy atom. The van der Waals surface area contributed by atoms with Crippen molar-refractivity contribution in [3.63, 3.8) is 0 Å². The van der Waals surface area contributed by atoms with Gasteiger partial charge in [0.25, 0.3) is 5.91 Å². The molecule has 1 amide bonds. The molecule has 0 saturated carbocycles. The second-order valence-corrected chi connectivity index (χ2v) is 6.87. The highest BCUT2D eigenvalue weighted by Crippen LogP contribution is 2.21. The molecule has 2 heterocycles. The Morgan fingerprint density at radius 3 is 2.44 bits per heavy atom. The van der Waals surface area contributed by atoms with Crippen LogP contribution in [0.4, 0.5) is 11.6 Å². The Bertz CT molecular complexity index is 947. The highest BCUT2D eigenvalue weighted by Gasteiger charge is 2.19. The van der Waals surface area contributed by atoms with Crippen LogP contribution in [0.1, 0.15) is 28.8 Å². The molecule has 1 aliphatic rings. The van der Waals surface area contributed by atoms with Gasteiger partial charge >= 0.3 is 0 Å². The lowest BCUT2D eigenvalue weighted by atomic mass is 10.1. The number of benzene rings is 2. The van der Waals surface area contributed by atoms with Crippen molar-refractivity contribution < 1.29 is 4.79 Å². The van der Waals surface area contributed by atoms with E-state index in [1.54, 1.807) is 0 Å². The molecule has 27 heavy (non-hydrogen) atoms. The molecule has 1 saturated heterocycles. The summed E-state index contributed by atoms with van der Waals surface area (Å²) in [4.78, 5) is 23.3. The number of likely N-dealkylation sites (tertiary alicyclic amines) is 1. The maximum absolute atomic E-state index is 12.5. The summed E-state index contributed by atoms with van der Waals surface area (Å²) in [6.07, 6.45) is 5.79. The average Bonchev–Trinajstić information content (AvgIpc) is 3.23. The molecule has 1 fully saturated rings. The Hall–Kier alpha value is -3.21. The Morgan fingerprint density at radius 1 is 0.963 bits per heavy atom. The van der Waals surface area contributed by atoms with E-state index in [1.165, 1.54) is 5.56 Å². The van der Waals surface area contributed by atoms with E-state index < -0.39 is 0 Å². The van der Waals surface area contributed by atoms with Crippen molar-refractivity contribution in [1.82, 2.24) is 14.9 Å². The molecule has 4 rings (SSSR count). The van der Waals surface area contributed by atoms with Crippen molar-refractivity contribution in [2.45, 2.75) is 19.8 Å². The second-order valence-electron chi connectivity index (χ2n) is 6.87. The molecule has 5 nitrogen and oxygen atoms in total. The minimum Gasteiger partial charge on any atom is -0.339 e. The molecule has 0 aliphatic carbocycles. The normalized spacial score (nSPS) is 13.6. The van der Waals surface area contributed by atoms with Crippen LogP contribution < -0.4 is 5.32 Å². The lowest BCUT2D eigenvalue weighted by Crippen LogP contribution is -2.27. The summed E-state index contributed by atoms with van der Waals surface area (Å²) >= 11 is 0. The quantitative estimate of drug-likeness (QED) is 0.749. The zero-order valence-electron chi connectivity index (χ0n) is 15.4. The molecule has 2 aromatic carbocycles. The van der Waals surface area contributed by atoms with Gasteiger partial charge in [0.2, 0.25) is 5.95 Å². The van der Waals surface area contributed by atoms with Gasteiger partial charge < -0.3 is 10.2 Å². The summed E-state index contributed by atoms with van der Waals surface area (Å²) in [5.74, 6) is 0.601. The summed E-state index contributed by atoms with van der Waals surface area (Å²) < 4.78 is 0. The van der Waals surface area contributed by atoms with Crippen LogP contribution in [0.5, 0.6) is 0 Å². The van der Waals surface area contributed by atoms with Crippen molar-refractivity contribution in [3.8, 4) is 11.1 Å². The van der Waals surface area contributed by atoms with Crippen molar-refractivity contribution in [2.75, 3.05) is 18.4 Å². The van der Waals surface area contributed by atoms with Gasteiger partial charge in [-0.25, -0.2) is 9.97 Å². The third-order valence-corrected chi connectivity index (χ3v) is 4.76. The van der Waals surface area contributed by atoms with E-state index in [-0.39, 0.29) is 5.91 Å². The zero-order valence-corrected chi connectivity index (χ0v) is 15.4. The highest BCUT2D eigenvalue weighted by molar-refractivity contribution is 5.95. The number of aryl methyl sites for hydroxylation is 1. The summed E-state index contributed by atoms with van der Waals surface area (Å²) in [5.41, 5.74) is 4.78. The van der Waals surface area contributed by atoms with E-state index in [9.17, 15) is 4.79 Å². The molecule has 0 atom stereocenters. The van der Waals surface area contributed by atoms with E-state index in [4.69, 9.17) is 0 Å². The molecule has 5 heteroatoms. The fourth-order valence-corrected chi connectivity index (χ4v) is 3.33. The summed E-state index contributed by atoms with van der Waals surface area (Å²) in [5, 5.41) is 3.19. The number of nitrogens with zero attached hydrogens (tertiary/aromatic N) is 3. The number of anilines is 2. The van der Waals surface area contributed by atoms with Gasteiger partial charge in [-0.15, -0.1) is 0 Å². The third-order valence-electron chi connectivity index (χ3n) is 4.76. The van der Waals surface area contributed by atoms with Gasteiger partial charge in [0.1, 0.15) is 0 Å². The first-order valence-corrected chi connectivity index (χ1v) is 9.24. The maximum atomic E-state index is 12.5. The maximum Gasteiger partial charge on any atom is 0.253 e. The van der Waals surface area contributed by atoms with Crippen LogP contribution in [0.3, 0.4) is 0 Å². The fourth-order valence-electron chi connectivity index (χ4n) is 3.33.